The highest BCUT2D eigenvalue weighted by molar-refractivity contribution is 5.43. The van der Waals surface area contributed by atoms with E-state index in [9.17, 15) is 4.39 Å². The van der Waals surface area contributed by atoms with Crippen molar-refractivity contribution in [1.82, 2.24) is 25.3 Å². The molecule has 0 aliphatic rings. The Morgan fingerprint density at radius 2 is 2.05 bits per heavy atom. The Morgan fingerprint density at radius 3 is 2.89 bits per heavy atom. The Morgan fingerprint density at radius 1 is 1.21 bits per heavy atom. The molecule has 2 heterocycles. The molecule has 0 spiro atoms. The van der Waals surface area contributed by atoms with Gasteiger partial charge < -0.3 is 5.32 Å². The van der Waals surface area contributed by atoms with E-state index in [1.165, 1.54) is 10.7 Å². The third kappa shape index (κ3) is 2.22. The first-order valence-corrected chi connectivity index (χ1v) is 5.80. The Kier molecular flexibility index (Phi) is 2.79. The predicted molar refractivity (Wildman–Crippen MR) is 67.0 cm³/mol. The van der Waals surface area contributed by atoms with Gasteiger partial charge in [-0.05, 0) is 35.5 Å². The SMILES string of the molecule is C[C@@H](Nc1ccc2nnnn2n1)c1ccccc1F. The predicted octanol–water partition coefficient (Wildman–Crippen LogP) is 1.83. The fraction of sp³-hybridized carbons (Fsp3) is 0.167. The maximum atomic E-state index is 13.6. The van der Waals surface area contributed by atoms with Crippen LogP contribution in [0.15, 0.2) is 36.4 Å². The zero-order chi connectivity index (χ0) is 13.2. The number of halogens is 1. The molecule has 3 rings (SSSR count). The van der Waals surface area contributed by atoms with Crippen LogP contribution in [0.4, 0.5) is 10.2 Å². The van der Waals surface area contributed by atoms with Crippen molar-refractivity contribution in [3.8, 4) is 0 Å². The summed E-state index contributed by atoms with van der Waals surface area (Å²) in [4.78, 5) is 0. The topological polar surface area (TPSA) is 68.0 Å². The minimum Gasteiger partial charge on any atom is -0.362 e. The number of rotatable bonds is 3. The molecular weight excluding hydrogens is 247 g/mol. The minimum absolute atomic E-state index is 0.206. The summed E-state index contributed by atoms with van der Waals surface area (Å²) >= 11 is 0. The van der Waals surface area contributed by atoms with Crippen molar-refractivity contribution < 1.29 is 4.39 Å². The molecule has 0 radical (unpaired) electrons. The van der Waals surface area contributed by atoms with Crippen molar-refractivity contribution in [3.05, 3.63) is 47.8 Å². The highest BCUT2D eigenvalue weighted by Crippen LogP contribution is 2.20. The largest absolute Gasteiger partial charge is 0.362 e. The van der Waals surface area contributed by atoms with E-state index in [1.807, 2.05) is 6.92 Å². The summed E-state index contributed by atoms with van der Waals surface area (Å²) in [6.45, 7) is 1.86. The smallest absolute Gasteiger partial charge is 0.200 e. The Balaban J connectivity index is 1.86. The van der Waals surface area contributed by atoms with Crippen molar-refractivity contribution in [2.45, 2.75) is 13.0 Å². The lowest BCUT2D eigenvalue weighted by molar-refractivity contribution is 0.599. The quantitative estimate of drug-likeness (QED) is 0.776. The number of anilines is 1. The summed E-state index contributed by atoms with van der Waals surface area (Å²) in [6, 6.07) is 9.93. The van der Waals surface area contributed by atoms with Crippen molar-refractivity contribution in [2.24, 2.45) is 0 Å². The highest BCUT2D eigenvalue weighted by atomic mass is 19.1. The van der Waals surface area contributed by atoms with Crippen molar-refractivity contribution in [1.29, 1.82) is 0 Å². The summed E-state index contributed by atoms with van der Waals surface area (Å²) in [7, 11) is 0. The lowest BCUT2D eigenvalue weighted by Gasteiger charge is -2.15. The molecule has 3 aromatic rings. The molecule has 0 aliphatic carbocycles. The molecule has 0 aliphatic heterocycles. The first-order chi connectivity index (χ1) is 9.24. The van der Waals surface area contributed by atoms with E-state index in [1.54, 1.807) is 30.3 Å². The standard InChI is InChI=1S/C12H11FN6/c1-8(9-4-2-3-5-10(9)13)14-11-6-7-12-15-17-18-19(12)16-11/h2-8H,1H3,(H,14,16)/t8-/m1/s1. The number of fused-ring (bicyclic) bond motifs is 1. The molecule has 1 N–H and O–H groups in total. The molecule has 7 heteroatoms. The fourth-order valence-corrected chi connectivity index (χ4v) is 1.85. The van der Waals surface area contributed by atoms with Crippen LogP contribution in [0.2, 0.25) is 0 Å². The van der Waals surface area contributed by atoms with Gasteiger partial charge in [-0.2, -0.15) is 0 Å². The molecular formula is C12H11FN6. The molecule has 0 amide bonds. The van der Waals surface area contributed by atoms with Crippen molar-refractivity contribution >= 4 is 11.5 Å². The van der Waals surface area contributed by atoms with Gasteiger partial charge in [0.2, 0.25) is 0 Å². The van der Waals surface area contributed by atoms with Gasteiger partial charge in [-0.1, -0.05) is 18.2 Å². The van der Waals surface area contributed by atoms with E-state index in [0.29, 0.717) is 17.0 Å². The normalized spacial score (nSPS) is 12.5. The number of nitrogens with zero attached hydrogens (tertiary/aromatic N) is 5. The van der Waals surface area contributed by atoms with Crippen molar-refractivity contribution in [2.75, 3.05) is 5.32 Å². The second-order valence-electron chi connectivity index (χ2n) is 4.13. The van der Waals surface area contributed by atoms with E-state index < -0.39 is 0 Å². The fourth-order valence-electron chi connectivity index (χ4n) is 1.85. The second-order valence-corrected chi connectivity index (χ2v) is 4.13. The lowest BCUT2D eigenvalue weighted by Crippen LogP contribution is -2.11. The summed E-state index contributed by atoms with van der Waals surface area (Å²) in [5, 5.41) is 18.3. The summed E-state index contributed by atoms with van der Waals surface area (Å²) in [5.41, 5.74) is 1.14. The zero-order valence-corrected chi connectivity index (χ0v) is 10.2. The van der Waals surface area contributed by atoms with Crippen LogP contribution in [-0.2, 0) is 0 Å². The number of hydrogen-bond donors (Lipinski definition) is 1. The number of aromatic nitrogens is 5. The molecule has 0 bridgehead atoms. The van der Waals surface area contributed by atoms with Gasteiger partial charge in [0.1, 0.15) is 11.6 Å². The molecule has 0 saturated heterocycles. The molecule has 96 valence electrons. The Labute approximate surface area is 108 Å². The first-order valence-electron chi connectivity index (χ1n) is 5.80. The molecule has 0 saturated carbocycles. The summed E-state index contributed by atoms with van der Waals surface area (Å²) < 4.78 is 15.0. The number of benzene rings is 1. The first kappa shape index (κ1) is 11.5. The maximum absolute atomic E-state index is 13.6. The molecule has 1 aromatic carbocycles. The van der Waals surface area contributed by atoms with Crippen molar-refractivity contribution in [3.63, 3.8) is 0 Å². The van der Waals surface area contributed by atoms with Crippen LogP contribution in [0.1, 0.15) is 18.5 Å². The molecule has 1 atom stereocenters. The van der Waals surface area contributed by atoms with Gasteiger partial charge in [-0.25, -0.2) is 4.39 Å². The Hall–Kier alpha value is -2.57. The molecule has 0 unspecified atom stereocenters. The van der Waals surface area contributed by atoms with Crippen LogP contribution in [0.5, 0.6) is 0 Å². The van der Waals surface area contributed by atoms with E-state index in [2.05, 4.69) is 25.9 Å². The third-order valence-corrected chi connectivity index (χ3v) is 2.81. The highest BCUT2D eigenvalue weighted by Gasteiger charge is 2.11. The lowest BCUT2D eigenvalue weighted by atomic mass is 10.1. The monoisotopic (exact) mass is 258 g/mol. The zero-order valence-electron chi connectivity index (χ0n) is 10.2. The average molecular weight is 258 g/mol. The Bertz CT molecular complexity index is 710. The van der Waals surface area contributed by atoms with Crippen LogP contribution in [0.25, 0.3) is 5.65 Å². The van der Waals surface area contributed by atoms with E-state index in [4.69, 9.17) is 0 Å². The van der Waals surface area contributed by atoms with Crippen LogP contribution in [0.3, 0.4) is 0 Å². The van der Waals surface area contributed by atoms with Crippen LogP contribution in [0, 0.1) is 5.82 Å². The third-order valence-electron chi connectivity index (χ3n) is 2.81. The van der Waals surface area contributed by atoms with E-state index in [-0.39, 0.29) is 11.9 Å². The van der Waals surface area contributed by atoms with Gasteiger partial charge >= 0.3 is 0 Å². The average Bonchev–Trinajstić information content (AvgIpc) is 2.86. The summed E-state index contributed by atoms with van der Waals surface area (Å²) in [6.07, 6.45) is 0. The van der Waals surface area contributed by atoms with Gasteiger partial charge in [0.25, 0.3) is 0 Å². The summed E-state index contributed by atoms with van der Waals surface area (Å²) in [5.74, 6) is 0.335. The number of tetrazole rings is 1. The van der Waals surface area contributed by atoms with Gasteiger partial charge in [0, 0.05) is 5.56 Å². The van der Waals surface area contributed by atoms with Gasteiger partial charge in [-0.15, -0.1) is 14.8 Å². The molecule has 2 aromatic heterocycles. The van der Waals surface area contributed by atoms with Crippen LogP contribution in [-0.4, -0.2) is 25.3 Å². The van der Waals surface area contributed by atoms with Crippen LogP contribution < -0.4 is 5.32 Å². The molecule has 19 heavy (non-hydrogen) atoms. The van der Waals surface area contributed by atoms with Gasteiger partial charge in [-0.3, -0.25) is 0 Å². The van der Waals surface area contributed by atoms with Gasteiger partial charge in [0.05, 0.1) is 6.04 Å². The maximum Gasteiger partial charge on any atom is 0.200 e. The number of nitrogens with one attached hydrogen (secondary N) is 1. The minimum atomic E-state index is -0.244. The van der Waals surface area contributed by atoms with Gasteiger partial charge in [0.15, 0.2) is 5.65 Å². The molecule has 0 fully saturated rings. The number of hydrogen-bond acceptors (Lipinski definition) is 5. The van der Waals surface area contributed by atoms with E-state index in [0.717, 1.165) is 0 Å². The second kappa shape index (κ2) is 4.60. The van der Waals surface area contributed by atoms with E-state index >= 15 is 0 Å². The molecule has 6 nitrogen and oxygen atoms in total. The van der Waals surface area contributed by atoms with Crippen LogP contribution >= 0.6 is 0 Å².